The summed E-state index contributed by atoms with van der Waals surface area (Å²) >= 11 is 0. The third-order valence-corrected chi connectivity index (χ3v) is 5.19. The van der Waals surface area contributed by atoms with E-state index in [1.165, 1.54) is 5.56 Å². The second kappa shape index (κ2) is 8.37. The van der Waals surface area contributed by atoms with Gasteiger partial charge in [-0.1, -0.05) is 56.3 Å². The molecule has 4 nitrogen and oxygen atoms in total. The number of carbonyl (C=O) groups is 1. The predicted octanol–water partition coefficient (Wildman–Crippen LogP) is 3.47. The SMILES string of the molecule is COc1ccc(CN2C[C@@H](C(C)C)[C@H](NCc3ccccc3)C2=O)cc1. The Hall–Kier alpha value is -2.33. The Balaban J connectivity index is 1.67. The molecule has 1 amide bonds. The topological polar surface area (TPSA) is 41.6 Å². The zero-order chi connectivity index (χ0) is 18.5. The first-order chi connectivity index (χ1) is 12.6. The van der Waals surface area contributed by atoms with Crippen molar-refractivity contribution in [1.82, 2.24) is 10.2 Å². The van der Waals surface area contributed by atoms with Gasteiger partial charge in [0.05, 0.1) is 13.2 Å². The van der Waals surface area contributed by atoms with Crippen molar-refractivity contribution < 1.29 is 9.53 Å². The Morgan fingerprint density at radius 1 is 1.08 bits per heavy atom. The number of methoxy groups -OCH3 is 1. The van der Waals surface area contributed by atoms with E-state index in [1.807, 2.05) is 47.4 Å². The number of hydrogen-bond acceptors (Lipinski definition) is 3. The third-order valence-electron chi connectivity index (χ3n) is 5.19. The summed E-state index contributed by atoms with van der Waals surface area (Å²) in [6.45, 7) is 6.57. The van der Waals surface area contributed by atoms with E-state index in [0.29, 0.717) is 18.4 Å². The van der Waals surface area contributed by atoms with Crippen LogP contribution in [0.3, 0.4) is 0 Å². The third kappa shape index (κ3) is 4.25. The Morgan fingerprint density at radius 2 is 1.77 bits per heavy atom. The molecule has 3 rings (SSSR count). The normalized spacial score (nSPS) is 20.0. The Kier molecular flexibility index (Phi) is 5.94. The van der Waals surface area contributed by atoms with E-state index in [-0.39, 0.29) is 11.9 Å². The second-order valence-electron chi connectivity index (χ2n) is 7.32. The van der Waals surface area contributed by atoms with Gasteiger partial charge in [0.1, 0.15) is 5.75 Å². The molecule has 4 heteroatoms. The first-order valence-corrected chi connectivity index (χ1v) is 9.27. The van der Waals surface area contributed by atoms with Crippen LogP contribution >= 0.6 is 0 Å². The van der Waals surface area contributed by atoms with Gasteiger partial charge in [-0.25, -0.2) is 0 Å². The molecule has 1 aliphatic rings. The van der Waals surface area contributed by atoms with Gasteiger partial charge in [-0.2, -0.15) is 0 Å². The molecule has 0 aromatic heterocycles. The largest absolute Gasteiger partial charge is 0.497 e. The van der Waals surface area contributed by atoms with E-state index in [0.717, 1.165) is 24.4 Å². The van der Waals surface area contributed by atoms with Crippen molar-refractivity contribution in [3.63, 3.8) is 0 Å². The van der Waals surface area contributed by atoms with E-state index >= 15 is 0 Å². The van der Waals surface area contributed by atoms with Gasteiger partial charge in [-0.15, -0.1) is 0 Å². The van der Waals surface area contributed by atoms with E-state index in [1.54, 1.807) is 7.11 Å². The highest BCUT2D eigenvalue weighted by Crippen LogP contribution is 2.27. The van der Waals surface area contributed by atoms with Crippen molar-refractivity contribution in [3.8, 4) is 5.75 Å². The lowest BCUT2D eigenvalue weighted by atomic mass is 9.91. The van der Waals surface area contributed by atoms with Gasteiger partial charge in [0.2, 0.25) is 5.91 Å². The van der Waals surface area contributed by atoms with Gasteiger partial charge >= 0.3 is 0 Å². The highest BCUT2D eigenvalue weighted by atomic mass is 16.5. The Labute approximate surface area is 156 Å². The smallest absolute Gasteiger partial charge is 0.240 e. The van der Waals surface area contributed by atoms with Crippen LogP contribution in [0.1, 0.15) is 25.0 Å². The van der Waals surface area contributed by atoms with Crippen LogP contribution in [0.2, 0.25) is 0 Å². The molecule has 1 heterocycles. The van der Waals surface area contributed by atoms with Crippen LogP contribution < -0.4 is 10.1 Å². The minimum Gasteiger partial charge on any atom is -0.497 e. The van der Waals surface area contributed by atoms with Crippen molar-refractivity contribution in [2.75, 3.05) is 13.7 Å². The molecule has 0 bridgehead atoms. The molecule has 26 heavy (non-hydrogen) atoms. The van der Waals surface area contributed by atoms with E-state index in [9.17, 15) is 4.79 Å². The average molecular weight is 352 g/mol. The summed E-state index contributed by atoms with van der Waals surface area (Å²) < 4.78 is 5.21. The molecular formula is C22H28N2O2. The Bertz CT molecular complexity index is 713. The molecule has 0 unspecified atom stereocenters. The maximum atomic E-state index is 13.0. The minimum absolute atomic E-state index is 0.117. The summed E-state index contributed by atoms with van der Waals surface area (Å²) in [4.78, 5) is 15.0. The summed E-state index contributed by atoms with van der Waals surface area (Å²) in [6, 6.07) is 18.1. The molecule has 1 aliphatic heterocycles. The molecular weight excluding hydrogens is 324 g/mol. The van der Waals surface area contributed by atoms with Crippen LogP contribution in [-0.2, 0) is 17.9 Å². The van der Waals surface area contributed by atoms with Crippen LogP contribution in [-0.4, -0.2) is 30.5 Å². The minimum atomic E-state index is -0.117. The number of nitrogens with one attached hydrogen (secondary N) is 1. The molecule has 0 radical (unpaired) electrons. The average Bonchev–Trinajstić information content (AvgIpc) is 2.97. The highest BCUT2D eigenvalue weighted by Gasteiger charge is 2.41. The standard InChI is InChI=1S/C22H28N2O2/c1-16(2)20-15-24(14-18-9-11-19(26-3)12-10-18)22(25)21(20)23-13-17-7-5-4-6-8-17/h4-12,16,20-21,23H,13-15H2,1-3H3/t20-,21-/m0/s1. The summed E-state index contributed by atoms with van der Waals surface area (Å²) in [6.07, 6.45) is 0. The zero-order valence-electron chi connectivity index (χ0n) is 15.8. The number of likely N-dealkylation sites (tertiary alicyclic amines) is 1. The van der Waals surface area contributed by atoms with Crippen molar-refractivity contribution in [2.45, 2.75) is 33.0 Å². The number of rotatable bonds is 7. The number of carbonyl (C=O) groups excluding carboxylic acids is 1. The molecule has 2 atom stereocenters. The highest BCUT2D eigenvalue weighted by molar-refractivity contribution is 5.84. The van der Waals surface area contributed by atoms with Gasteiger partial charge in [-0.3, -0.25) is 4.79 Å². The predicted molar refractivity (Wildman–Crippen MR) is 104 cm³/mol. The zero-order valence-corrected chi connectivity index (χ0v) is 15.8. The monoisotopic (exact) mass is 352 g/mol. The fourth-order valence-corrected chi connectivity index (χ4v) is 3.58. The van der Waals surface area contributed by atoms with Crippen LogP contribution in [0.4, 0.5) is 0 Å². The van der Waals surface area contributed by atoms with Gasteiger partial charge in [0.15, 0.2) is 0 Å². The van der Waals surface area contributed by atoms with Crippen molar-refractivity contribution in [2.24, 2.45) is 11.8 Å². The van der Waals surface area contributed by atoms with Gasteiger partial charge in [0, 0.05) is 25.6 Å². The summed E-state index contributed by atoms with van der Waals surface area (Å²) in [5.74, 6) is 1.82. The molecule has 0 spiro atoms. The number of benzene rings is 2. The second-order valence-corrected chi connectivity index (χ2v) is 7.32. The molecule has 1 fully saturated rings. The van der Waals surface area contributed by atoms with E-state index < -0.39 is 0 Å². The molecule has 0 aliphatic carbocycles. The number of nitrogens with zero attached hydrogens (tertiary/aromatic N) is 1. The number of hydrogen-bond donors (Lipinski definition) is 1. The summed E-state index contributed by atoms with van der Waals surface area (Å²) in [7, 11) is 1.66. The summed E-state index contributed by atoms with van der Waals surface area (Å²) in [5, 5.41) is 3.50. The molecule has 1 N–H and O–H groups in total. The van der Waals surface area contributed by atoms with Crippen LogP contribution in [0.25, 0.3) is 0 Å². The van der Waals surface area contributed by atoms with Crippen molar-refractivity contribution >= 4 is 5.91 Å². The van der Waals surface area contributed by atoms with Gasteiger partial charge in [-0.05, 0) is 29.2 Å². The molecule has 1 saturated heterocycles. The maximum Gasteiger partial charge on any atom is 0.240 e. The maximum absolute atomic E-state index is 13.0. The van der Waals surface area contributed by atoms with E-state index in [2.05, 4.69) is 31.3 Å². The van der Waals surface area contributed by atoms with Crippen LogP contribution in [0.15, 0.2) is 54.6 Å². The molecule has 2 aromatic rings. The fraction of sp³-hybridized carbons (Fsp3) is 0.409. The van der Waals surface area contributed by atoms with Crippen molar-refractivity contribution in [3.05, 3.63) is 65.7 Å². The van der Waals surface area contributed by atoms with Crippen LogP contribution in [0, 0.1) is 11.8 Å². The quantitative estimate of drug-likeness (QED) is 0.830. The fourth-order valence-electron chi connectivity index (χ4n) is 3.58. The van der Waals surface area contributed by atoms with Gasteiger partial charge in [0.25, 0.3) is 0 Å². The van der Waals surface area contributed by atoms with Crippen LogP contribution in [0.5, 0.6) is 5.75 Å². The van der Waals surface area contributed by atoms with Crippen molar-refractivity contribution in [1.29, 1.82) is 0 Å². The lowest BCUT2D eigenvalue weighted by Gasteiger charge is -2.21. The molecule has 0 saturated carbocycles. The number of amides is 1. The Morgan fingerprint density at radius 3 is 2.38 bits per heavy atom. The number of ether oxygens (including phenoxy) is 1. The first kappa shape index (κ1) is 18.5. The lowest BCUT2D eigenvalue weighted by Crippen LogP contribution is -2.41. The first-order valence-electron chi connectivity index (χ1n) is 9.27. The molecule has 138 valence electrons. The lowest BCUT2D eigenvalue weighted by molar-refractivity contribution is -0.130. The van der Waals surface area contributed by atoms with Gasteiger partial charge < -0.3 is 15.0 Å². The van der Waals surface area contributed by atoms with E-state index in [4.69, 9.17) is 4.74 Å². The molecule has 2 aromatic carbocycles. The summed E-state index contributed by atoms with van der Waals surface area (Å²) in [5.41, 5.74) is 2.33.